The molecule has 6 aromatic carbocycles. The molecule has 9 rings (SSSR count). The predicted molar refractivity (Wildman–Crippen MR) is 187 cm³/mol. The summed E-state index contributed by atoms with van der Waals surface area (Å²) in [5.74, 6) is 0.739. The Hall–Kier alpha value is -5.71. The maximum Gasteiger partial charge on any atom is 0.224 e. The monoisotopic (exact) mass is 596 g/mol. The van der Waals surface area contributed by atoms with Gasteiger partial charge >= 0.3 is 0 Å². The van der Waals surface area contributed by atoms with Crippen molar-refractivity contribution in [1.29, 1.82) is 0 Å². The average Bonchev–Trinajstić information content (AvgIpc) is 3.61. The molecule has 0 saturated carbocycles. The average molecular weight is 597 g/mol. The molecule has 3 aromatic heterocycles. The molecule has 0 N–H and O–H groups in total. The van der Waals surface area contributed by atoms with Crippen LogP contribution < -0.4 is 0 Å². The van der Waals surface area contributed by atoms with Gasteiger partial charge in [0, 0.05) is 38.9 Å². The molecule has 0 unspecified atom stereocenters. The molecule has 212 valence electrons. The van der Waals surface area contributed by atoms with E-state index in [2.05, 4.69) is 134 Å². The fraction of sp³-hybridized carbons (Fsp3) is 0. The van der Waals surface area contributed by atoms with Crippen molar-refractivity contribution in [2.24, 2.45) is 0 Å². The van der Waals surface area contributed by atoms with Crippen LogP contribution in [0.4, 0.5) is 0 Å². The Morgan fingerprint density at radius 1 is 0.400 bits per heavy atom. The maximum absolute atomic E-state index is 6.52. The summed E-state index contributed by atoms with van der Waals surface area (Å²) in [5, 5.41) is 5.01. The number of benzene rings is 6. The predicted octanol–water partition coefficient (Wildman–Crippen LogP) is 10.7. The van der Waals surface area contributed by atoms with Crippen LogP contribution in [0.25, 0.3) is 77.5 Å². The van der Waals surface area contributed by atoms with Gasteiger partial charge in [0.2, 0.25) is 5.28 Å². The quantitative estimate of drug-likeness (QED) is 0.189. The lowest BCUT2D eigenvalue weighted by Crippen LogP contribution is -2.00. The summed E-state index contributed by atoms with van der Waals surface area (Å²) in [6.07, 6.45) is 0. The molecule has 0 aliphatic carbocycles. The van der Waals surface area contributed by atoms with E-state index < -0.39 is 0 Å². The molecule has 4 nitrogen and oxygen atoms in total. The van der Waals surface area contributed by atoms with Crippen molar-refractivity contribution in [2.45, 2.75) is 0 Å². The first-order valence-electron chi connectivity index (χ1n) is 15.0. The molecule has 45 heavy (non-hydrogen) atoms. The van der Waals surface area contributed by atoms with Gasteiger partial charge in [0.05, 0.1) is 27.8 Å². The normalized spacial score (nSPS) is 11.7. The Bertz CT molecular complexity index is 2550. The minimum atomic E-state index is 0.219. The molecule has 0 aliphatic rings. The lowest BCUT2D eigenvalue weighted by Gasteiger charge is -2.10. The molecule has 0 aliphatic heterocycles. The Kier molecular flexibility index (Phi) is 5.83. The van der Waals surface area contributed by atoms with E-state index >= 15 is 0 Å². The number of halogens is 1. The Morgan fingerprint density at radius 2 is 0.911 bits per heavy atom. The van der Waals surface area contributed by atoms with Gasteiger partial charge in [-0.25, -0.2) is 4.98 Å². The number of nitrogens with zero attached hydrogens (tertiary/aromatic N) is 4. The van der Waals surface area contributed by atoms with Crippen LogP contribution in [0.2, 0.25) is 5.28 Å². The molecule has 5 heteroatoms. The lowest BCUT2D eigenvalue weighted by atomic mass is 10.0. The summed E-state index contributed by atoms with van der Waals surface area (Å²) in [7, 11) is 0. The zero-order valence-corrected chi connectivity index (χ0v) is 24.9. The molecule has 0 saturated heterocycles. The van der Waals surface area contributed by atoms with Gasteiger partial charge in [0.25, 0.3) is 0 Å². The Balaban J connectivity index is 1.24. The number of hydrogen-bond acceptors (Lipinski definition) is 2. The van der Waals surface area contributed by atoms with Crippen LogP contribution in [-0.4, -0.2) is 19.1 Å². The van der Waals surface area contributed by atoms with Crippen LogP contribution in [0.1, 0.15) is 0 Å². The third-order valence-electron chi connectivity index (χ3n) is 8.68. The van der Waals surface area contributed by atoms with Crippen LogP contribution in [-0.2, 0) is 0 Å². The molecule has 0 atom stereocenters. The van der Waals surface area contributed by atoms with Crippen molar-refractivity contribution in [3.63, 3.8) is 0 Å². The van der Waals surface area contributed by atoms with Crippen molar-refractivity contribution in [1.82, 2.24) is 19.1 Å². The van der Waals surface area contributed by atoms with E-state index in [0.717, 1.165) is 50.1 Å². The highest BCUT2D eigenvalue weighted by atomic mass is 35.5. The first-order valence-corrected chi connectivity index (χ1v) is 15.3. The molecule has 9 aromatic rings. The van der Waals surface area contributed by atoms with E-state index in [-0.39, 0.29) is 5.28 Å². The summed E-state index contributed by atoms with van der Waals surface area (Å²) in [5.41, 5.74) is 9.81. The highest BCUT2D eigenvalue weighted by Crippen LogP contribution is 2.38. The number of hydrogen-bond donors (Lipinski definition) is 0. The van der Waals surface area contributed by atoms with Gasteiger partial charge in [-0.05, 0) is 71.3 Å². The van der Waals surface area contributed by atoms with Gasteiger partial charge in [0.1, 0.15) is 5.82 Å². The third kappa shape index (κ3) is 4.15. The molecule has 0 spiro atoms. The first kappa shape index (κ1) is 25.8. The molecule has 3 heterocycles. The van der Waals surface area contributed by atoms with Crippen molar-refractivity contribution in [2.75, 3.05) is 0 Å². The summed E-state index contributed by atoms with van der Waals surface area (Å²) in [4.78, 5) is 9.22. The Labute approximate surface area is 264 Å². The second-order valence-electron chi connectivity index (χ2n) is 11.3. The molecular formula is C40H25ClN4. The summed E-state index contributed by atoms with van der Waals surface area (Å²) in [6, 6.07) is 53.3. The second kappa shape index (κ2) is 10.2. The fourth-order valence-corrected chi connectivity index (χ4v) is 6.86. The van der Waals surface area contributed by atoms with Crippen molar-refractivity contribution in [3.8, 4) is 33.9 Å². The van der Waals surface area contributed by atoms with Crippen LogP contribution in [0.5, 0.6) is 0 Å². The van der Waals surface area contributed by atoms with Crippen molar-refractivity contribution in [3.05, 3.63) is 157 Å². The minimum Gasteiger partial charge on any atom is -0.309 e. The molecule has 0 bridgehead atoms. The van der Waals surface area contributed by atoms with Crippen molar-refractivity contribution < 1.29 is 0 Å². The molecule has 0 fully saturated rings. The first-order chi connectivity index (χ1) is 22.2. The van der Waals surface area contributed by atoms with Crippen LogP contribution >= 0.6 is 11.6 Å². The van der Waals surface area contributed by atoms with Gasteiger partial charge in [-0.3, -0.25) is 4.57 Å². The molecule has 0 amide bonds. The van der Waals surface area contributed by atoms with Crippen LogP contribution in [0, 0.1) is 0 Å². The summed E-state index contributed by atoms with van der Waals surface area (Å²) >= 11 is 6.52. The lowest BCUT2D eigenvalue weighted by molar-refractivity contribution is 1.04. The summed E-state index contributed by atoms with van der Waals surface area (Å²) in [6.45, 7) is 0. The SMILES string of the molecule is Clc1nc(-c2ccccc2)cc(-n2c3ccccc3c3cc(-c4ccc5c(c4)c4ccccc4n5-c4ccccc4)ccc32)n1. The zero-order valence-electron chi connectivity index (χ0n) is 24.1. The van der Waals surface area contributed by atoms with E-state index in [1.54, 1.807) is 0 Å². The molecule has 0 radical (unpaired) electrons. The maximum atomic E-state index is 6.52. The minimum absolute atomic E-state index is 0.219. The number of fused-ring (bicyclic) bond motifs is 6. The Morgan fingerprint density at radius 3 is 1.56 bits per heavy atom. The fourth-order valence-electron chi connectivity index (χ4n) is 6.68. The summed E-state index contributed by atoms with van der Waals surface area (Å²) < 4.78 is 4.53. The van der Waals surface area contributed by atoms with Gasteiger partial charge in [-0.1, -0.05) is 97.1 Å². The van der Waals surface area contributed by atoms with E-state index in [1.165, 1.54) is 27.4 Å². The standard InChI is InChI=1S/C40H25ClN4/c41-40-42-34(26-11-3-1-4-12-26)25-39(43-40)45-36-18-10-8-16-31(36)33-24-28(20-22-38(33)45)27-19-21-37-32(23-27)30-15-7-9-17-35(30)44(37)29-13-5-2-6-14-29/h1-25H. The number of para-hydroxylation sites is 3. The van der Waals surface area contributed by atoms with Crippen LogP contribution in [0.3, 0.4) is 0 Å². The number of rotatable bonds is 4. The highest BCUT2D eigenvalue weighted by Gasteiger charge is 2.17. The van der Waals surface area contributed by atoms with E-state index in [4.69, 9.17) is 11.6 Å². The zero-order chi connectivity index (χ0) is 29.9. The van der Waals surface area contributed by atoms with E-state index in [1.807, 2.05) is 36.4 Å². The van der Waals surface area contributed by atoms with Gasteiger partial charge in [-0.15, -0.1) is 0 Å². The highest BCUT2D eigenvalue weighted by molar-refractivity contribution is 6.28. The third-order valence-corrected chi connectivity index (χ3v) is 8.85. The van der Waals surface area contributed by atoms with E-state index in [0.29, 0.717) is 0 Å². The smallest absolute Gasteiger partial charge is 0.224 e. The van der Waals surface area contributed by atoms with Gasteiger partial charge < -0.3 is 4.57 Å². The van der Waals surface area contributed by atoms with Gasteiger partial charge in [0.15, 0.2) is 0 Å². The topological polar surface area (TPSA) is 35.6 Å². The molecular weight excluding hydrogens is 572 g/mol. The van der Waals surface area contributed by atoms with Crippen molar-refractivity contribution >= 4 is 55.2 Å². The van der Waals surface area contributed by atoms with E-state index in [9.17, 15) is 0 Å². The van der Waals surface area contributed by atoms with Crippen LogP contribution in [0.15, 0.2) is 152 Å². The largest absolute Gasteiger partial charge is 0.309 e. The number of aromatic nitrogens is 4. The second-order valence-corrected chi connectivity index (χ2v) is 11.6. The van der Waals surface area contributed by atoms with Gasteiger partial charge in [-0.2, -0.15) is 4.98 Å².